The Morgan fingerprint density at radius 3 is 3.12 bits per heavy atom. The average molecular weight is 252 g/mol. The summed E-state index contributed by atoms with van der Waals surface area (Å²) >= 11 is 6.85. The Morgan fingerprint density at radius 2 is 2.44 bits per heavy atom. The molecule has 84 valence electrons. The van der Waals surface area contributed by atoms with Crippen molar-refractivity contribution in [2.24, 2.45) is 0 Å². The Morgan fingerprint density at radius 1 is 1.62 bits per heavy atom. The van der Waals surface area contributed by atoms with Crippen molar-refractivity contribution in [2.75, 3.05) is 0 Å². The molecule has 16 heavy (non-hydrogen) atoms. The van der Waals surface area contributed by atoms with E-state index in [1.807, 2.05) is 10.1 Å². The zero-order valence-corrected chi connectivity index (χ0v) is 10.6. The maximum atomic E-state index is 5.20. The Balaban J connectivity index is 2.14. The number of H-pyrrole nitrogens is 1. The Kier molecular flexibility index (Phi) is 2.40. The Labute approximate surface area is 102 Å². The zero-order chi connectivity index (χ0) is 11.1. The summed E-state index contributed by atoms with van der Waals surface area (Å²) in [5, 5.41) is 7.17. The van der Waals surface area contributed by atoms with Crippen LogP contribution in [-0.4, -0.2) is 19.7 Å². The first-order valence-corrected chi connectivity index (χ1v) is 6.69. The first kappa shape index (κ1) is 10.2. The molecule has 3 rings (SSSR count). The van der Waals surface area contributed by atoms with Gasteiger partial charge in [-0.25, -0.2) is 4.98 Å². The third-order valence-corrected chi connectivity index (χ3v) is 3.99. The van der Waals surface area contributed by atoms with Crippen LogP contribution in [0, 0.1) is 4.77 Å². The molecule has 1 aliphatic carbocycles. The van der Waals surface area contributed by atoms with Crippen LogP contribution in [0.25, 0.3) is 10.7 Å². The zero-order valence-electron chi connectivity index (χ0n) is 8.93. The molecule has 2 aromatic rings. The number of hydrogen-bond donors (Lipinski definition) is 1. The summed E-state index contributed by atoms with van der Waals surface area (Å²) in [6.07, 6.45) is 2.52. The number of rotatable bonds is 3. The summed E-state index contributed by atoms with van der Waals surface area (Å²) < 4.78 is 2.71. The third kappa shape index (κ3) is 1.53. The molecule has 0 amide bonds. The third-order valence-electron chi connectivity index (χ3n) is 2.84. The van der Waals surface area contributed by atoms with Gasteiger partial charge in [-0.15, -0.1) is 11.3 Å². The summed E-state index contributed by atoms with van der Waals surface area (Å²) in [7, 11) is 0. The Hall–Kier alpha value is -1.01. The molecular weight excluding hydrogens is 240 g/mol. The van der Waals surface area contributed by atoms with Crippen LogP contribution in [0.3, 0.4) is 0 Å². The molecule has 0 saturated heterocycles. The highest BCUT2D eigenvalue weighted by atomic mass is 32.1. The van der Waals surface area contributed by atoms with E-state index in [1.54, 1.807) is 11.3 Å². The lowest BCUT2D eigenvalue weighted by molar-refractivity contribution is 0.755. The largest absolute Gasteiger partial charge is 0.300 e. The van der Waals surface area contributed by atoms with Gasteiger partial charge in [0.25, 0.3) is 0 Å². The van der Waals surface area contributed by atoms with Gasteiger partial charge in [0.2, 0.25) is 0 Å². The monoisotopic (exact) mass is 252 g/mol. The molecule has 0 spiro atoms. The number of hydrogen-bond acceptors (Lipinski definition) is 4. The number of nitrogens with zero attached hydrogens (tertiary/aromatic N) is 3. The normalized spacial score (nSPS) is 15.6. The van der Waals surface area contributed by atoms with Crippen molar-refractivity contribution in [3.05, 3.63) is 16.0 Å². The summed E-state index contributed by atoms with van der Waals surface area (Å²) in [5.74, 6) is 1.59. The molecule has 1 N–H and O–H groups in total. The second-order valence-corrected chi connectivity index (χ2v) is 5.18. The fraction of sp³-hybridized carbons (Fsp3) is 0.500. The smallest absolute Gasteiger partial charge is 0.195 e. The number of thiazole rings is 1. The van der Waals surface area contributed by atoms with Crippen molar-refractivity contribution in [1.82, 2.24) is 19.7 Å². The van der Waals surface area contributed by atoms with E-state index in [1.165, 1.54) is 23.4 Å². The molecular formula is C10H12N4S2. The summed E-state index contributed by atoms with van der Waals surface area (Å²) in [5.41, 5.74) is 3.11. The number of nitrogens with one attached hydrogen (secondary N) is 1. The molecule has 0 atom stereocenters. The van der Waals surface area contributed by atoms with Gasteiger partial charge >= 0.3 is 0 Å². The van der Waals surface area contributed by atoms with Crippen molar-refractivity contribution < 1.29 is 0 Å². The van der Waals surface area contributed by atoms with E-state index in [-0.39, 0.29) is 0 Å². The van der Waals surface area contributed by atoms with Gasteiger partial charge in [-0.05, 0) is 32.0 Å². The van der Waals surface area contributed by atoms with E-state index < -0.39 is 0 Å². The molecule has 4 nitrogen and oxygen atoms in total. The average Bonchev–Trinajstić information content (AvgIpc) is 2.89. The van der Waals surface area contributed by atoms with Crippen molar-refractivity contribution in [2.45, 2.75) is 32.2 Å². The highest BCUT2D eigenvalue weighted by molar-refractivity contribution is 7.71. The molecule has 0 radical (unpaired) electrons. The van der Waals surface area contributed by atoms with Gasteiger partial charge in [-0.1, -0.05) is 0 Å². The molecule has 0 bridgehead atoms. The predicted molar refractivity (Wildman–Crippen MR) is 66.2 cm³/mol. The maximum absolute atomic E-state index is 5.20. The molecule has 2 aromatic heterocycles. The highest BCUT2D eigenvalue weighted by Crippen LogP contribution is 2.44. The van der Waals surface area contributed by atoms with Crippen LogP contribution >= 0.6 is 23.6 Å². The summed E-state index contributed by atoms with van der Waals surface area (Å²) in [4.78, 5) is 5.63. The molecule has 0 unspecified atom stereocenters. The lowest BCUT2D eigenvalue weighted by Gasteiger charge is -2.02. The van der Waals surface area contributed by atoms with Gasteiger partial charge < -0.3 is 0 Å². The van der Waals surface area contributed by atoms with Gasteiger partial charge in [0.15, 0.2) is 10.6 Å². The second-order valence-electron chi connectivity index (χ2n) is 3.94. The molecule has 2 heterocycles. The van der Waals surface area contributed by atoms with Crippen molar-refractivity contribution in [1.29, 1.82) is 0 Å². The van der Waals surface area contributed by atoms with Crippen molar-refractivity contribution >= 4 is 23.6 Å². The van der Waals surface area contributed by atoms with Crippen LogP contribution in [-0.2, 0) is 6.54 Å². The first-order chi connectivity index (χ1) is 7.81. The van der Waals surface area contributed by atoms with E-state index in [9.17, 15) is 0 Å². The topological polar surface area (TPSA) is 46.5 Å². The van der Waals surface area contributed by atoms with Crippen LogP contribution in [0.5, 0.6) is 0 Å². The van der Waals surface area contributed by atoms with Gasteiger partial charge in [-0.3, -0.25) is 9.67 Å². The van der Waals surface area contributed by atoms with Crippen LogP contribution in [0.2, 0.25) is 0 Å². The standard InChI is InChI=1S/C10H12N4S2/c1-2-14-9(12-13-10(14)15)8-7(6-3-4-6)11-5-16-8/h5-6H,2-4H2,1H3,(H,13,15). The van der Waals surface area contributed by atoms with Gasteiger partial charge in [0, 0.05) is 12.5 Å². The predicted octanol–water partition coefficient (Wildman–Crippen LogP) is 2.96. The molecule has 0 aromatic carbocycles. The van der Waals surface area contributed by atoms with Crippen LogP contribution in [0.4, 0.5) is 0 Å². The SMILES string of the molecule is CCn1c(-c2scnc2C2CC2)n[nH]c1=S. The fourth-order valence-electron chi connectivity index (χ4n) is 1.85. The fourth-order valence-corrected chi connectivity index (χ4v) is 2.99. The lowest BCUT2D eigenvalue weighted by atomic mass is 10.2. The van der Waals surface area contributed by atoms with E-state index in [0.717, 1.165) is 12.4 Å². The minimum atomic E-state index is 0.650. The highest BCUT2D eigenvalue weighted by Gasteiger charge is 2.30. The number of aromatic nitrogens is 4. The second kappa shape index (κ2) is 3.78. The molecule has 1 fully saturated rings. The van der Waals surface area contributed by atoms with E-state index >= 15 is 0 Å². The van der Waals surface area contributed by atoms with Crippen LogP contribution in [0.15, 0.2) is 5.51 Å². The van der Waals surface area contributed by atoms with Gasteiger partial charge in [0.1, 0.15) is 0 Å². The van der Waals surface area contributed by atoms with E-state index in [4.69, 9.17) is 12.2 Å². The maximum Gasteiger partial charge on any atom is 0.195 e. The minimum Gasteiger partial charge on any atom is -0.300 e. The summed E-state index contributed by atoms with van der Waals surface area (Å²) in [6.45, 7) is 2.92. The molecule has 6 heteroatoms. The van der Waals surface area contributed by atoms with Crippen LogP contribution in [0.1, 0.15) is 31.4 Å². The van der Waals surface area contributed by atoms with E-state index in [2.05, 4.69) is 22.1 Å². The molecule has 1 aliphatic rings. The van der Waals surface area contributed by atoms with Crippen molar-refractivity contribution in [3.8, 4) is 10.7 Å². The molecule has 1 saturated carbocycles. The minimum absolute atomic E-state index is 0.650. The lowest BCUT2D eigenvalue weighted by Crippen LogP contribution is -1.98. The molecule has 0 aliphatic heterocycles. The summed E-state index contributed by atoms with van der Waals surface area (Å²) in [6, 6.07) is 0. The first-order valence-electron chi connectivity index (χ1n) is 5.40. The van der Waals surface area contributed by atoms with Crippen molar-refractivity contribution in [3.63, 3.8) is 0 Å². The van der Waals surface area contributed by atoms with Gasteiger partial charge in [0.05, 0.1) is 16.1 Å². The van der Waals surface area contributed by atoms with E-state index in [0.29, 0.717) is 10.7 Å². The Bertz CT molecular complexity index is 561. The van der Waals surface area contributed by atoms with Gasteiger partial charge in [-0.2, -0.15) is 5.10 Å². The van der Waals surface area contributed by atoms with Crippen LogP contribution < -0.4 is 0 Å². The quantitative estimate of drug-likeness (QED) is 0.854. The number of aromatic amines is 1.